The minimum atomic E-state index is 0.0877. The standard InChI is InChI=1S/C14H19BrN2OS/c1-10-2-3-11(15)8-13(10)17-14(18)9-19-12-4-6-16-7-5-12/h2-3,8,12,16H,4-7,9H2,1H3,(H,17,18). The fraction of sp³-hybridized carbons (Fsp3) is 0.500. The van der Waals surface area contributed by atoms with E-state index in [1.165, 1.54) is 0 Å². The lowest BCUT2D eigenvalue weighted by Gasteiger charge is -2.21. The molecule has 104 valence electrons. The van der Waals surface area contributed by atoms with Crippen LogP contribution in [0.25, 0.3) is 0 Å². The second kappa shape index (κ2) is 7.31. The molecule has 0 unspecified atom stereocenters. The van der Waals surface area contributed by atoms with Gasteiger partial charge in [0.15, 0.2) is 0 Å². The molecule has 0 atom stereocenters. The number of piperidine rings is 1. The maximum absolute atomic E-state index is 12.0. The largest absolute Gasteiger partial charge is 0.325 e. The highest BCUT2D eigenvalue weighted by molar-refractivity contribution is 9.10. The van der Waals surface area contributed by atoms with Gasteiger partial charge in [0.05, 0.1) is 5.75 Å². The number of benzene rings is 1. The van der Waals surface area contributed by atoms with Crippen molar-refractivity contribution in [2.75, 3.05) is 24.2 Å². The number of hydrogen-bond acceptors (Lipinski definition) is 3. The van der Waals surface area contributed by atoms with Crippen LogP contribution in [0.2, 0.25) is 0 Å². The van der Waals surface area contributed by atoms with E-state index in [1.54, 1.807) is 11.8 Å². The van der Waals surface area contributed by atoms with Crippen molar-refractivity contribution in [3.63, 3.8) is 0 Å². The average molecular weight is 343 g/mol. The molecule has 2 N–H and O–H groups in total. The lowest BCUT2D eigenvalue weighted by molar-refractivity contribution is -0.113. The number of rotatable bonds is 4. The van der Waals surface area contributed by atoms with Crippen molar-refractivity contribution in [1.29, 1.82) is 0 Å². The van der Waals surface area contributed by atoms with Crippen molar-refractivity contribution >= 4 is 39.3 Å². The van der Waals surface area contributed by atoms with E-state index in [-0.39, 0.29) is 5.91 Å². The Morgan fingerprint density at radius 1 is 1.47 bits per heavy atom. The van der Waals surface area contributed by atoms with Crippen LogP contribution in [-0.4, -0.2) is 30.0 Å². The molecule has 1 amide bonds. The average Bonchev–Trinajstić information content (AvgIpc) is 2.42. The highest BCUT2D eigenvalue weighted by Crippen LogP contribution is 2.23. The molecule has 0 spiro atoms. The molecule has 1 aliphatic rings. The summed E-state index contributed by atoms with van der Waals surface area (Å²) < 4.78 is 0.986. The van der Waals surface area contributed by atoms with Crippen molar-refractivity contribution in [3.05, 3.63) is 28.2 Å². The van der Waals surface area contributed by atoms with Gasteiger partial charge >= 0.3 is 0 Å². The van der Waals surface area contributed by atoms with Gasteiger partial charge in [-0.15, -0.1) is 11.8 Å². The molecule has 1 fully saturated rings. The molecule has 1 heterocycles. The molecular formula is C14H19BrN2OS. The molecule has 1 aromatic carbocycles. The van der Waals surface area contributed by atoms with Crippen molar-refractivity contribution in [1.82, 2.24) is 5.32 Å². The summed E-state index contributed by atoms with van der Waals surface area (Å²) in [5, 5.41) is 6.94. The fourth-order valence-corrected chi connectivity index (χ4v) is 3.46. The molecule has 0 aromatic heterocycles. The second-order valence-electron chi connectivity index (χ2n) is 4.77. The molecule has 0 saturated carbocycles. The van der Waals surface area contributed by atoms with Crippen LogP contribution < -0.4 is 10.6 Å². The Kier molecular flexibility index (Phi) is 5.73. The Morgan fingerprint density at radius 3 is 2.95 bits per heavy atom. The van der Waals surface area contributed by atoms with E-state index in [9.17, 15) is 4.79 Å². The number of carbonyl (C=O) groups is 1. The predicted octanol–water partition coefficient (Wildman–Crippen LogP) is 3.18. The van der Waals surface area contributed by atoms with Gasteiger partial charge in [-0.1, -0.05) is 22.0 Å². The minimum absolute atomic E-state index is 0.0877. The monoisotopic (exact) mass is 342 g/mol. The lowest BCUT2D eigenvalue weighted by Crippen LogP contribution is -2.30. The zero-order valence-corrected chi connectivity index (χ0v) is 13.4. The van der Waals surface area contributed by atoms with Gasteiger partial charge in [-0.3, -0.25) is 4.79 Å². The third-order valence-electron chi connectivity index (χ3n) is 3.21. The Hall–Kier alpha value is -0.520. The van der Waals surface area contributed by atoms with Gasteiger partial charge < -0.3 is 10.6 Å². The zero-order chi connectivity index (χ0) is 13.7. The fourth-order valence-electron chi connectivity index (χ4n) is 2.07. The molecule has 19 heavy (non-hydrogen) atoms. The normalized spacial score (nSPS) is 16.3. The van der Waals surface area contributed by atoms with Gasteiger partial charge in [-0.2, -0.15) is 0 Å². The molecule has 0 radical (unpaired) electrons. The number of anilines is 1. The van der Waals surface area contributed by atoms with E-state index in [0.717, 1.165) is 41.7 Å². The summed E-state index contributed by atoms with van der Waals surface area (Å²) in [7, 11) is 0. The molecule has 0 aliphatic carbocycles. The first-order valence-corrected chi connectivity index (χ1v) is 8.37. The smallest absolute Gasteiger partial charge is 0.234 e. The number of halogens is 1. The summed E-state index contributed by atoms with van der Waals surface area (Å²) in [5.74, 6) is 0.626. The van der Waals surface area contributed by atoms with E-state index < -0.39 is 0 Å². The Labute approximate surface area is 127 Å². The molecular weight excluding hydrogens is 324 g/mol. The zero-order valence-electron chi connectivity index (χ0n) is 11.0. The number of aryl methyl sites for hydroxylation is 1. The van der Waals surface area contributed by atoms with Crippen LogP contribution in [0.15, 0.2) is 22.7 Å². The molecule has 2 rings (SSSR count). The van der Waals surface area contributed by atoms with E-state index in [0.29, 0.717) is 11.0 Å². The van der Waals surface area contributed by atoms with Crippen molar-refractivity contribution in [3.8, 4) is 0 Å². The third kappa shape index (κ3) is 4.82. The van der Waals surface area contributed by atoms with Crippen molar-refractivity contribution in [2.45, 2.75) is 25.0 Å². The topological polar surface area (TPSA) is 41.1 Å². The number of carbonyl (C=O) groups excluding carboxylic acids is 1. The van der Waals surface area contributed by atoms with Crippen LogP contribution in [0.4, 0.5) is 5.69 Å². The first-order chi connectivity index (χ1) is 9.15. The van der Waals surface area contributed by atoms with Gasteiger partial charge in [0.25, 0.3) is 0 Å². The summed E-state index contributed by atoms with van der Waals surface area (Å²) in [4.78, 5) is 12.0. The first kappa shape index (κ1) is 14.9. The Balaban J connectivity index is 1.81. The minimum Gasteiger partial charge on any atom is -0.325 e. The van der Waals surface area contributed by atoms with Crippen molar-refractivity contribution in [2.24, 2.45) is 0 Å². The van der Waals surface area contributed by atoms with E-state index in [1.807, 2.05) is 25.1 Å². The third-order valence-corrected chi connectivity index (χ3v) is 5.07. The Morgan fingerprint density at radius 2 is 2.21 bits per heavy atom. The van der Waals surface area contributed by atoms with E-state index in [2.05, 4.69) is 26.6 Å². The second-order valence-corrected chi connectivity index (χ2v) is 6.97. The van der Waals surface area contributed by atoms with Gasteiger partial charge in [-0.05, 0) is 50.6 Å². The van der Waals surface area contributed by atoms with Crippen LogP contribution in [0.3, 0.4) is 0 Å². The number of nitrogens with one attached hydrogen (secondary N) is 2. The van der Waals surface area contributed by atoms with Crippen LogP contribution >= 0.6 is 27.7 Å². The molecule has 5 heteroatoms. The van der Waals surface area contributed by atoms with Gasteiger partial charge in [0, 0.05) is 15.4 Å². The first-order valence-electron chi connectivity index (χ1n) is 6.53. The van der Waals surface area contributed by atoms with E-state index >= 15 is 0 Å². The summed E-state index contributed by atoms with van der Waals surface area (Å²) in [6.45, 7) is 4.15. The summed E-state index contributed by atoms with van der Waals surface area (Å²) in [6.07, 6.45) is 2.32. The number of amides is 1. The van der Waals surface area contributed by atoms with Crippen LogP contribution in [0.1, 0.15) is 18.4 Å². The SMILES string of the molecule is Cc1ccc(Br)cc1NC(=O)CSC1CCNCC1. The number of hydrogen-bond donors (Lipinski definition) is 2. The molecule has 1 aromatic rings. The maximum Gasteiger partial charge on any atom is 0.234 e. The van der Waals surface area contributed by atoms with Crippen molar-refractivity contribution < 1.29 is 4.79 Å². The molecule has 3 nitrogen and oxygen atoms in total. The van der Waals surface area contributed by atoms with Gasteiger partial charge in [-0.25, -0.2) is 0 Å². The summed E-state index contributed by atoms with van der Waals surface area (Å²) >= 11 is 5.20. The molecule has 1 aliphatic heterocycles. The highest BCUT2D eigenvalue weighted by Gasteiger charge is 2.15. The van der Waals surface area contributed by atoms with Crippen LogP contribution in [-0.2, 0) is 4.79 Å². The highest BCUT2D eigenvalue weighted by atomic mass is 79.9. The summed E-state index contributed by atoms with van der Waals surface area (Å²) in [5.41, 5.74) is 1.98. The van der Waals surface area contributed by atoms with Gasteiger partial charge in [0.2, 0.25) is 5.91 Å². The summed E-state index contributed by atoms with van der Waals surface area (Å²) in [6, 6.07) is 5.93. The van der Waals surface area contributed by atoms with E-state index in [4.69, 9.17) is 0 Å². The Bertz CT molecular complexity index is 447. The predicted molar refractivity (Wildman–Crippen MR) is 85.9 cm³/mol. The van der Waals surface area contributed by atoms with Crippen LogP contribution in [0.5, 0.6) is 0 Å². The molecule has 1 saturated heterocycles. The quantitative estimate of drug-likeness (QED) is 0.882. The maximum atomic E-state index is 12.0. The number of thioether (sulfide) groups is 1. The molecule has 0 bridgehead atoms. The van der Waals surface area contributed by atoms with Gasteiger partial charge in [0.1, 0.15) is 0 Å². The van der Waals surface area contributed by atoms with Crippen LogP contribution in [0, 0.1) is 6.92 Å². The lowest BCUT2D eigenvalue weighted by atomic mass is 10.2.